The van der Waals surface area contributed by atoms with Crippen molar-refractivity contribution in [1.29, 1.82) is 0 Å². The molecule has 1 heterocycles. The van der Waals surface area contributed by atoms with Crippen molar-refractivity contribution in [3.8, 4) is 0 Å². The van der Waals surface area contributed by atoms with Gasteiger partial charge in [-0.15, -0.1) is 11.3 Å². The van der Waals surface area contributed by atoms with E-state index in [-0.39, 0.29) is 5.97 Å². The first-order valence-corrected chi connectivity index (χ1v) is 6.85. The van der Waals surface area contributed by atoms with Crippen LogP contribution in [0, 0.1) is 0 Å². The summed E-state index contributed by atoms with van der Waals surface area (Å²) in [7, 11) is 1.36. The maximum atomic E-state index is 11.2. The van der Waals surface area contributed by atoms with Gasteiger partial charge in [0.1, 0.15) is 0 Å². The van der Waals surface area contributed by atoms with E-state index >= 15 is 0 Å². The third kappa shape index (κ3) is 4.73. The van der Waals surface area contributed by atoms with Gasteiger partial charge in [0.2, 0.25) is 0 Å². The Kier molecular flexibility index (Phi) is 5.97. The highest BCUT2D eigenvalue weighted by atomic mass is 32.1. The van der Waals surface area contributed by atoms with E-state index in [9.17, 15) is 4.79 Å². The highest BCUT2D eigenvalue weighted by molar-refractivity contribution is 7.13. The minimum atomic E-state index is -0.382. The molecular formula is C12H20N2O2S. The van der Waals surface area contributed by atoms with Crippen molar-refractivity contribution in [3.63, 3.8) is 0 Å². The molecule has 17 heavy (non-hydrogen) atoms. The molecule has 96 valence electrons. The van der Waals surface area contributed by atoms with E-state index in [1.807, 2.05) is 0 Å². The van der Waals surface area contributed by atoms with Gasteiger partial charge in [0, 0.05) is 11.4 Å². The van der Waals surface area contributed by atoms with Gasteiger partial charge >= 0.3 is 5.97 Å². The van der Waals surface area contributed by atoms with Gasteiger partial charge in [-0.25, -0.2) is 9.78 Å². The molecule has 0 saturated heterocycles. The van der Waals surface area contributed by atoms with Crippen molar-refractivity contribution in [3.05, 3.63) is 11.1 Å². The highest BCUT2D eigenvalue weighted by Crippen LogP contribution is 2.18. The molecule has 0 aliphatic rings. The average Bonchev–Trinajstić information content (AvgIpc) is 2.77. The Morgan fingerprint density at radius 3 is 3.00 bits per heavy atom. The zero-order valence-electron chi connectivity index (χ0n) is 10.7. The minimum absolute atomic E-state index is 0.376. The molecule has 0 aromatic carbocycles. The van der Waals surface area contributed by atoms with Crippen LogP contribution >= 0.6 is 11.3 Å². The van der Waals surface area contributed by atoms with Crippen molar-refractivity contribution < 1.29 is 9.53 Å². The van der Waals surface area contributed by atoms with E-state index in [2.05, 4.69) is 28.9 Å². The summed E-state index contributed by atoms with van der Waals surface area (Å²) in [6, 6.07) is 0.387. The van der Waals surface area contributed by atoms with E-state index in [0.29, 0.717) is 11.7 Å². The molecular weight excluding hydrogens is 236 g/mol. The van der Waals surface area contributed by atoms with E-state index in [4.69, 9.17) is 0 Å². The second-order valence-corrected chi connectivity index (χ2v) is 4.93. The number of carbonyl (C=O) groups excluding carboxylic acids is 1. The number of nitrogens with one attached hydrogen (secondary N) is 1. The molecule has 0 spiro atoms. The van der Waals surface area contributed by atoms with Crippen LogP contribution in [-0.4, -0.2) is 24.1 Å². The SMILES string of the molecule is CCCCCC(C)Nc1nc(C(=O)OC)cs1. The number of anilines is 1. The fraction of sp³-hybridized carbons (Fsp3) is 0.667. The van der Waals surface area contributed by atoms with Crippen molar-refractivity contribution >= 4 is 22.4 Å². The largest absolute Gasteiger partial charge is 0.464 e. The quantitative estimate of drug-likeness (QED) is 0.600. The molecule has 5 heteroatoms. The van der Waals surface area contributed by atoms with Gasteiger partial charge in [-0.2, -0.15) is 0 Å². The van der Waals surface area contributed by atoms with E-state index in [1.165, 1.54) is 37.7 Å². The Bertz CT molecular complexity index is 352. The van der Waals surface area contributed by atoms with Crippen molar-refractivity contribution in [2.75, 3.05) is 12.4 Å². The zero-order valence-corrected chi connectivity index (χ0v) is 11.5. The zero-order chi connectivity index (χ0) is 12.7. The Hall–Kier alpha value is -1.10. The lowest BCUT2D eigenvalue weighted by Gasteiger charge is -2.11. The first-order valence-electron chi connectivity index (χ1n) is 5.97. The number of unbranched alkanes of at least 4 members (excludes halogenated alkanes) is 2. The number of hydrogen-bond donors (Lipinski definition) is 1. The molecule has 1 rings (SSSR count). The van der Waals surface area contributed by atoms with Crippen LogP contribution in [0.15, 0.2) is 5.38 Å². The van der Waals surface area contributed by atoms with Crippen LogP contribution in [0.5, 0.6) is 0 Å². The molecule has 1 atom stereocenters. The monoisotopic (exact) mass is 256 g/mol. The van der Waals surface area contributed by atoms with Crippen LogP contribution in [0.4, 0.5) is 5.13 Å². The molecule has 0 amide bonds. The third-order valence-electron chi connectivity index (χ3n) is 2.51. The number of thiazole rings is 1. The number of esters is 1. The molecule has 0 saturated carbocycles. The van der Waals surface area contributed by atoms with Crippen LogP contribution < -0.4 is 5.32 Å². The third-order valence-corrected chi connectivity index (χ3v) is 3.28. The van der Waals surface area contributed by atoms with Gasteiger partial charge < -0.3 is 10.1 Å². The number of nitrogens with zero attached hydrogens (tertiary/aromatic N) is 1. The van der Waals surface area contributed by atoms with Crippen LogP contribution in [-0.2, 0) is 4.74 Å². The summed E-state index contributed by atoms with van der Waals surface area (Å²) in [6.45, 7) is 4.33. The Labute approximate surface area is 106 Å². The standard InChI is InChI=1S/C12H20N2O2S/c1-4-5-6-7-9(2)13-12-14-10(8-17-12)11(15)16-3/h8-9H,4-7H2,1-3H3,(H,13,14). The van der Waals surface area contributed by atoms with E-state index < -0.39 is 0 Å². The molecule has 1 aromatic heterocycles. The lowest BCUT2D eigenvalue weighted by Crippen LogP contribution is -2.15. The molecule has 1 unspecified atom stereocenters. The van der Waals surface area contributed by atoms with Crippen molar-refractivity contribution in [2.24, 2.45) is 0 Å². The summed E-state index contributed by atoms with van der Waals surface area (Å²) in [5.74, 6) is -0.382. The normalized spacial score (nSPS) is 12.2. The van der Waals surface area contributed by atoms with E-state index in [0.717, 1.165) is 11.6 Å². The lowest BCUT2D eigenvalue weighted by atomic mass is 10.1. The molecule has 1 N–H and O–H groups in total. The number of hydrogen-bond acceptors (Lipinski definition) is 5. The summed E-state index contributed by atoms with van der Waals surface area (Å²) in [5.41, 5.74) is 0.376. The number of carbonyl (C=O) groups is 1. The van der Waals surface area contributed by atoms with Gasteiger partial charge in [-0.1, -0.05) is 26.2 Å². The first kappa shape index (κ1) is 14.0. The van der Waals surface area contributed by atoms with Crippen molar-refractivity contribution in [2.45, 2.75) is 45.6 Å². The second-order valence-electron chi connectivity index (χ2n) is 4.07. The summed E-state index contributed by atoms with van der Waals surface area (Å²) in [6.07, 6.45) is 4.84. The van der Waals surface area contributed by atoms with Gasteiger partial charge in [0.05, 0.1) is 7.11 Å². The number of ether oxygens (including phenoxy) is 1. The molecule has 0 aliphatic carbocycles. The summed E-state index contributed by atoms with van der Waals surface area (Å²) >= 11 is 1.44. The summed E-state index contributed by atoms with van der Waals surface area (Å²) in [4.78, 5) is 15.4. The second kappa shape index (κ2) is 7.27. The number of methoxy groups -OCH3 is 1. The number of rotatable bonds is 7. The molecule has 4 nitrogen and oxygen atoms in total. The molecule has 1 aromatic rings. The lowest BCUT2D eigenvalue weighted by molar-refractivity contribution is 0.0595. The fourth-order valence-corrected chi connectivity index (χ4v) is 2.31. The topological polar surface area (TPSA) is 51.2 Å². The van der Waals surface area contributed by atoms with Gasteiger partial charge in [-0.3, -0.25) is 0 Å². The Balaban J connectivity index is 2.40. The molecule has 0 fully saturated rings. The average molecular weight is 256 g/mol. The summed E-state index contributed by atoms with van der Waals surface area (Å²) < 4.78 is 4.61. The molecule has 0 radical (unpaired) electrons. The summed E-state index contributed by atoms with van der Waals surface area (Å²) in [5, 5.41) is 5.80. The maximum absolute atomic E-state index is 11.2. The Morgan fingerprint density at radius 1 is 1.59 bits per heavy atom. The van der Waals surface area contributed by atoms with E-state index in [1.54, 1.807) is 5.38 Å². The first-order chi connectivity index (χ1) is 8.17. The van der Waals surface area contributed by atoms with Crippen LogP contribution in [0.3, 0.4) is 0 Å². The van der Waals surface area contributed by atoms with Crippen molar-refractivity contribution in [1.82, 2.24) is 4.98 Å². The highest BCUT2D eigenvalue weighted by Gasteiger charge is 2.11. The van der Waals surface area contributed by atoms with Gasteiger partial charge in [0.15, 0.2) is 10.8 Å². The van der Waals surface area contributed by atoms with Crippen LogP contribution in [0.25, 0.3) is 0 Å². The Morgan fingerprint density at radius 2 is 2.35 bits per heavy atom. The molecule has 0 aliphatic heterocycles. The van der Waals surface area contributed by atoms with Gasteiger partial charge in [0.25, 0.3) is 0 Å². The van der Waals surface area contributed by atoms with Gasteiger partial charge in [-0.05, 0) is 13.3 Å². The van der Waals surface area contributed by atoms with Crippen LogP contribution in [0.1, 0.15) is 50.0 Å². The maximum Gasteiger partial charge on any atom is 0.357 e. The predicted octanol–water partition coefficient (Wildman–Crippen LogP) is 3.31. The smallest absolute Gasteiger partial charge is 0.357 e. The fourth-order valence-electron chi connectivity index (χ4n) is 1.52. The molecule has 0 bridgehead atoms. The number of aromatic nitrogens is 1. The minimum Gasteiger partial charge on any atom is -0.464 e. The van der Waals surface area contributed by atoms with Crippen LogP contribution in [0.2, 0.25) is 0 Å². The predicted molar refractivity (Wildman–Crippen MR) is 70.7 cm³/mol.